The Bertz CT molecular complexity index is 513. The monoisotopic (exact) mass is 221 g/mol. The van der Waals surface area contributed by atoms with Crippen molar-refractivity contribution in [1.82, 2.24) is 14.9 Å². The molecule has 2 aromatic heterocycles. The van der Waals surface area contributed by atoms with Gasteiger partial charge in [-0.15, -0.1) is 0 Å². The maximum atomic E-state index is 10.6. The maximum Gasteiger partial charge on any atom is 0.358 e. The number of aromatic nitrogens is 3. The summed E-state index contributed by atoms with van der Waals surface area (Å²) >= 11 is 0. The van der Waals surface area contributed by atoms with E-state index in [2.05, 4.69) is 10.3 Å². The van der Waals surface area contributed by atoms with Crippen LogP contribution in [0.15, 0.2) is 23.0 Å². The van der Waals surface area contributed by atoms with E-state index >= 15 is 0 Å². The van der Waals surface area contributed by atoms with E-state index in [-0.39, 0.29) is 11.7 Å². The van der Waals surface area contributed by atoms with E-state index in [1.807, 2.05) is 13.8 Å². The largest absolute Gasteiger partial charge is 0.476 e. The van der Waals surface area contributed by atoms with Crippen molar-refractivity contribution >= 4 is 5.97 Å². The number of hydrogen-bond donors (Lipinski definition) is 1. The summed E-state index contributed by atoms with van der Waals surface area (Å²) in [5.74, 6) is -0.699. The molecule has 0 saturated carbocycles. The van der Waals surface area contributed by atoms with Crippen molar-refractivity contribution in [3.63, 3.8) is 0 Å². The Kier molecular flexibility index (Phi) is 2.47. The highest BCUT2D eigenvalue weighted by Crippen LogP contribution is 2.20. The topological polar surface area (TPSA) is 81.2 Å². The van der Waals surface area contributed by atoms with Crippen LogP contribution in [0.1, 0.15) is 30.4 Å². The number of nitrogens with zero attached hydrogens (tertiary/aromatic N) is 3. The van der Waals surface area contributed by atoms with E-state index in [0.29, 0.717) is 11.3 Å². The summed E-state index contributed by atoms with van der Waals surface area (Å²) in [7, 11) is 0. The predicted octanol–water partition coefficient (Wildman–Crippen LogP) is 1.82. The van der Waals surface area contributed by atoms with Crippen LogP contribution in [-0.2, 0) is 0 Å². The van der Waals surface area contributed by atoms with Crippen molar-refractivity contribution in [3.8, 4) is 11.3 Å². The summed E-state index contributed by atoms with van der Waals surface area (Å²) < 4.78 is 6.68. The number of carbonyl (C=O) groups is 1. The second kappa shape index (κ2) is 3.80. The number of aromatic carboxylic acids is 1. The normalized spacial score (nSPS) is 10.9. The van der Waals surface area contributed by atoms with Gasteiger partial charge in [-0.25, -0.2) is 4.79 Å². The lowest BCUT2D eigenvalue weighted by Crippen LogP contribution is -1.99. The molecule has 1 N–H and O–H groups in total. The van der Waals surface area contributed by atoms with Crippen LogP contribution in [0.3, 0.4) is 0 Å². The molecule has 0 aliphatic heterocycles. The SMILES string of the molecule is CC(C)n1cc(-c2cc(C(=O)O)no2)cn1. The molecule has 2 heterocycles. The number of carboxylic acids is 1. The van der Waals surface area contributed by atoms with Crippen molar-refractivity contribution < 1.29 is 14.4 Å². The zero-order valence-electron chi connectivity index (χ0n) is 8.91. The van der Waals surface area contributed by atoms with Gasteiger partial charge in [0, 0.05) is 18.3 Å². The molecule has 2 rings (SSSR count). The average Bonchev–Trinajstić information content (AvgIpc) is 2.86. The van der Waals surface area contributed by atoms with Gasteiger partial charge in [-0.3, -0.25) is 4.68 Å². The Labute approximate surface area is 91.5 Å². The molecule has 0 saturated heterocycles. The Hall–Kier alpha value is -2.11. The summed E-state index contributed by atoms with van der Waals surface area (Å²) in [6.45, 7) is 4.00. The Morgan fingerprint density at radius 2 is 2.31 bits per heavy atom. The van der Waals surface area contributed by atoms with Gasteiger partial charge in [-0.1, -0.05) is 5.16 Å². The molecule has 0 aliphatic carbocycles. The third-order valence-corrected chi connectivity index (χ3v) is 2.14. The molecule has 0 unspecified atom stereocenters. The minimum atomic E-state index is -1.11. The van der Waals surface area contributed by atoms with Crippen LogP contribution in [0.25, 0.3) is 11.3 Å². The average molecular weight is 221 g/mol. The number of carboxylic acid groups (broad SMARTS) is 1. The summed E-state index contributed by atoms with van der Waals surface area (Å²) in [6, 6.07) is 1.62. The molecule has 0 atom stereocenters. The van der Waals surface area contributed by atoms with Crippen LogP contribution in [0.5, 0.6) is 0 Å². The standard InChI is InChI=1S/C10H11N3O3/c1-6(2)13-5-7(4-11-13)9-3-8(10(14)15)12-16-9/h3-6H,1-2H3,(H,14,15). The summed E-state index contributed by atoms with van der Waals surface area (Å²) in [5, 5.41) is 16.3. The van der Waals surface area contributed by atoms with E-state index in [1.165, 1.54) is 6.07 Å². The fourth-order valence-corrected chi connectivity index (χ4v) is 1.26. The van der Waals surface area contributed by atoms with Crippen LogP contribution in [0, 0.1) is 0 Å². The highest BCUT2D eigenvalue weighted by Gasteiger charge is 2.13. The maximum absolute atomic E-state index is 10.6. The summed E-state index contributed by atoms with van der Waals surface area (Å²) in [4.78, 5) is 10.6. The van der Waals surface area contributed by atoms with Crippen molar-refractivity contribution in [2.45, 2.75) is 19.9 Å². The van der Waals surface area contributed by atoms with Gasteiger partial charge in [-0.2, -0.15) is 5.10 Å². The van der Waals surface area contributed by atoms with Gasteiger partial charge < -0.3 is 9.63 Å². The lowest BCUT2D eigenvalue weighted by Gasteiger charge is -2.02. The smallest absolute Gasteiger partial charge is 0.358 e. The summed E-state index contributed by atoms with van der Waals surface area (Å²) in [6.07, 6.45) is 3.41. The fourth-order valence-electron chi connectivity index (χ4n) is 1.26. The first-order valence-corrected chi connectivity index (χ1v) is 4.82. The lowest BCUT2D eigenvalue weighted by atomic mass is 10.2. The van der Waals surface area contributed by atoms with Gasteiger partial charge in [0.2, 0.25) is 0 Å². The number of rotatable bonds is 3. The summed E-state index contributed by atoms with van der Waals surface area (Å²) in [5.41, 5.74) is 0.612. The van der Waals surface area contributed by atoms with E-state index in [9.17, 15) is 4.79 Å². The molecule has 6 heteroatoms. The molecule has 0 spiro atoms. The zero-order chi connectivity index (χ0) is 11.7. The fraction of sp³-hybridized carbons (Fsp3) is 0.300. The molecule has 84 valence electrons. The third kappa shape index (κ3) is 1.81. The molecule has 0 aliphatic rings. The third-order valence-electron chi connectivity index (χ3n) is 2.14. The minimum Gasteiger partial charge on any atom is -0.476 e. The predicted molar refractivity (Wildman–Crippen MR) is 55.1 cm³/mol. The Morgan fingerprint density at radius 1 is 1.56 bits per heavy atom. The molecule has 0 amide bonds. The van der Waals surface area contributed by atoms with Crippen LogP contribution in [0.2, 0.25) is 0 Å². The van der Waals surface area contributed by atoms with Gasteiger partial charge in [0.25, 0.3) is 0 Å². The Morgan fingerprint density at radius 3 is 2.81 bits per heavy atom. The second-order valence-electron chi connectivity index (χ2n) is 3.68. The van der Waals surface area contributed by atoms with Gasteiger partial charge >= 0.3 is 5.97 Å². The van der Waals surface area contributed by atoms with Crippen molar-refractivity contribution in [1.29, 1.82) is 0 Å². The molecule has 0 aromatic carbocycles. The highest BCUT2D eigenvalue weighted by atomic mass is 16.5. The quantitative estimate of drug-likeness (QED) is 0.854. The van der Waals surface area contributed by atoms with Crippen molar-refractivity contribution in [2.24, 2.45) is 0 Å². The van der Waals surface area contributed by atoms with E-state index < -0.39 is 5.97 Å². The second-order valence-corrected chi connectivity index (χ2v) is 3.68. The van der Waals surface area contributed by atoms with Crippen LogP contribution in [-0.4, -0.2) is 26.0 Å². The zero-order valence-corrected chi connectivity index (χ0v) is 8.91. The van der Waals surface area contributed by atoms with Gasteiger partial charge in [0.1, 0.15) is 0 Å². The van der Waals surface area contributed by atoms with Gasteiger partial charge in [0.15, 0.2) is 11.5 Å². The first kappa shape index (κ1) is 10.4. The molecule has 2 aromatic rings. The molecule has 0 fully saturated rings. The van der Waals surface area contributed by atoms with Crippen molar-refractivity contribution in [2.75, 3.05) is 0 Å². The van der Waals surface area contributed by atoms with Gasteiger partial charge in [0.05, 0.1) is 11.8 Å². The number of hydrogen-bond acceptors (Lipinski definition) is 4. The van der Waals surface area contributed by atoms with Gasteiger partial charge in [-0.05, 0) is 13.8 Å². The first-order valence-electron chi connectivity index (χ1n) is 4.82. The van der Waals surface area contributed by atoms with E-state index in [1.54, 1.807) is 17.1 Å². The minimum absolute atomic E-state index is 0.104. The van der Waals surface area contributed by atoms with E-state index in [4.69, 9.17) is 9.63 Å². The molecule has 0 radical (unpaired) electrons. The van der Waals surface area contributed by atoms with Crippen LogP contribution < -0.4 is 0 Å². The molecular weight excluding hydrogens is 210 g/mol. The lowest BCUT2D eigenvalue weighted by molar-refractivity contribution is 0.0686. The first-order chi connectivity index (χ1) is 7.58. The highest BCUT2D eigenvalue weighted by molar-refractivity contribution is 5.86. The molecule has 0 bridgehead atoms. The van der Waals surface area contributed by atoms with Crippen LogP contribution in [0.4, 0.5) is 0 Å². The van der Waals surface area contributed by atoms with Crippen LogP contribution >= 0.6 is 0 Å². The molecular formula is C10H11N3O3. The molecule has 6 nitrogen and oxygen atoms in total. The molecule has 16 heavy (non-hydrogen) atoms. The van der Waals surface area contributed by atoms with E-state index in [0.717, 1.165) is 0 Å². The van der Waals surface area contributed by atoms with Crippen molar-refractivity contribution in [3.05, 3.63) is 24.2 Å². The Balaban J connectivity index is 2.31.